The molecular weight excluding hydrogens is 412 g/mol. The summed E-state index contributed by atoms with van der Waals surface area (Å²) in [6.07, 6.45) is 4.19. The van der Waals surface area contributed by atoms with E-state index < -0.39 is 0 Å². The zero-order chi connectivity index (χ0) is 22.3. The van der Waals surface area contributed by atoms with Gasteiger partial charge in [0.15, 0.2) is 0 Å². The fraction of sp³-hybridized carbons (Fsp3) is 0.476. The minimum absolute atomic E-state index is 0.0780. The second kappa shape index (κ2) is 10.9. The van der Waals surface area contributed by atoms with E-state index in [0.29, 0.717) is 36.2 Å². The van der Waals surface area contributed by atoms with Gasteiger partial charge in [-0.05, 0) is 42.9 Å². The van der Waals surface area contributed by atoms with Crippen molar-refractivity contribution in [2.75, 3.05) is 32.1 Å². The Morgan fingerprint density at radius 2 is 2.03 bits per heavy atom. The predicted molar refractivity (Wildman–Crippen MR) is 113 cm³/mol. The van der Waals surface area contributed by atoms with E-state index in [0.717, 1.165) is 0 Å². The third kappa shape index (κ3) is 5.44. The Morgan fingerprint density at radius 1 is 1.33 bits per heavy atom. The summed E-state index contributed by atoms with van der Waals surface area (Å²) in [6.45, 7) is 5.06. The number of esters is 1. The lowest BCUT2D eigenvalue weighted by Crippen LogP contribution is -2.38. The van der Waals surface area contributed by atoms with Crippen molar-refractivity contribution in [1.29, 1.82) is 0 Å². The quantitative estimate of drug-likeness (QED) is 0.423. The van der Waals surface area contributed by atoms with Gasteiger partial charge in [0.1, 0.15) is 5.75 Å². The van der Waals surface area contributed by atoms with E-state index in [2.05, 4.69) is 17.5 Å². The maximum Gasteiger partial charge on any atom is 0.321 e. The molecule has 2 amide bonds. The molecule has 0 radical (unpaired) electrons. The number of likely N-dealkylation sites (tertiary alicyclic amines) is 1. The van der Waals surface area contributed by atoms with Crippen LogP contribution in [0.2, 0.25) is 5.02 Å². The molecule has 1 aliphatic carbocycles. The first-order valence-electron chi connectivity index (χ1n) is 9.68. The van der Waals surface area contributed by atoms with Crippen LogP contribution >= 0.6 is 11.6 Å². The summed E-state index contributed by atoms with van der Waals surface area (Å²) in [5.74, 6) is 0.517. The molecule has 3 rings (SSSR count). The topological polar surface area (TPSA) is 105 Å². The SMILES string of the molecule is CCOC(=O)[C@@H]1[C@H]2CN(C(=O)Nc3ccc(OC)c(Cl)c3)C[C@@H]2C=C[C@@H]1C.O=CO. The number of nitrogens with zero attached hydrogens (tertiary/aromatic N) is 1. The molecule has 0 spiro atoms. The van der Waals surface area contributed by atoms with Crippen LogP contribution < -0.4 is 10.1 Å². The van der Waals surface area contributed by atoms with E-state index in [4.69, 9.17) is 31.0 Å². The number of carbonyl (C=O) groups excluding carboxylic acids is 2. The molecule has 8 nitrogen and oxygen atoms in total. The maximum absolute atomic E-state index is 12.7. The van der Waals surface area contributed by atoms with Gasteiger partial charge in [0.05, 0.1) is 24.7 Å². The number of urea groups is 1. The molecule has 0 bridgehead atoms. The Morgan fingerprint density at radius 3 is 2.63 bits per heavy atom. The number of amides is 2. The van der Waals surface area contributed by atoms with Crippen molar-refractivity contribution in [3.05, 3.63) is 35.4 Å². The minimum atomic E-state index is -0.250. The normalized spacial score (nSPS) is 24.2. The lowest BCUT2D eigenvalue weighted by molar-refractivity contribution is -0.152. The Balaban J connectivity index is 0.00000101. The van der Waals surface area contributed by atoms with E-state index in [1.54, 1.807) is 30.2 Å². The number of halogens is 1. The fourth-order valence-electron chi connectivity index (χ4n) is 4.01. The van der Waals surface area contributed by atoms with E-state index in [9.17, 15) is 9.59 Å². The molecule has 0 aromatic heterocycles. The Bertz CT molecular complexity index is 800. The summed E-state index contributed by atoms with van der Waals surface area (Å²) in [4.78, 5) is 35.2. The first-order chi connectivity index (χ1) is 14.4. The van der Waals surface area contributed by atoms with Crippen molar-refractivity contribution in [3.8, 4) is 5.75 Å². The van der Waals surface area contributed by atoms with Crippen LogP contribution in [0.3, 0.4) is 0 Å². The number of fused-ring (bicyclic) bond motifs is 1. The van der Waals surface area contributed by atoms with E-state index in [-0.39, 0.29) is 42.1 Å². The Hall–Kier alpha value is -2.74. The van der Waals surface area contributed by atoms with Crippen LogP contribution in [0.1, 0.15) is 13.8 Å². The molecule has 0 unspecified atom stereocenters. The van der Waals surface area contributed by atoms with Crippen LogP contribution in [0.4, 0.5) is 10.5 Å². The van der Waals surface area contributed by atoms with Crippen molar-refractivity contribution in [3.63, 3.8) is 0 Å². The highest BCUT2D eigenvalue weighted by Crippen LogP contribution is 2.40. The molecule has 2 aliphatic rings. The molecule has 1 fully saturated rings. The number of nitrogens with one attached hydrogen (secondary N) is 1. The van der Waals surface area contributed by atoms with Gasteiger partial charge in [0, 0.05) is 18.8 Å². The lowest BCUT2D eigenvalue weighted by Gasteiger charge is -2.31. The molecular formula is C21H27ClN2O6. The number of rotatable bonds is 4. The van der Waals surface area contributed by atoms with Crippen LogP contribution in [0.15, 0.2) is 30.4 Å². The van der Waals surface area contributed by atoms with Gasteiger partial charge in [0.25, 0.3) is 6.47 Å². The van der Waals surface area contributed by atoms with Crippen LogP contribution in [0.5, 0.6) is 5.75 Å². The van der Waals surface area contributed by atoms with Gasteiger partial charge < -0.3 is 24.8 Å². The van der Waals surface area contributed by atoms with Crippen LogP contribution in [-0.2, 0) is 14.3 Å². The summed E-state index contributed by atoms with van der Waals surface area (Å²) in [6, 6.07) is 4.91. The zero-order valence-corrected chi connectivity index (χ0v) is 18.0. The first kappa shape index (κ1) is 23.5. The average Bonchev–Trinajstić information content (AvgIpc) is 3.13. The highest BCUT2D eigenvalue weighted by molar-refractivity contribution is 6.32. The molecule has 1 aromatic rings. The van der Waals surface area contributed by atoms with Crippen molar-refractivity contribution in [2.45, 2.75) is 13.8 Å². The monoisotopic (exact) mass is 438 g/mol. The van der Waals surface area contributed by atoms with Gasteiger partial charge >= 0.3 is 12.0 Å². The minimum Gasteiger partial charge on any atom is -0.495 e. The highest BCUT2D eigenvalue weighted by atomic mass is 35.5. The van der Waals surface area contributed by atoms with Gasteiger partial charge in [-0.3, -0.25) is 9.59 Å². The molecule has 0 saturated carbocycles. The molecule has 1 heterocycles. The third-order valence-electron chi connectivity index (χ3n) is 5.35. The van der Waals surface area contributed by atoms with Crippen molar-refractivity contribution < 1.29 is 29.0 Å². The van der Waals surface area contributed by atoms with Gasteiger partial charge in [-0.15, -0.1) is 0 Å². The first-order valence-corrected chi connectivity index (χ1v) is 10.1. The number of carbonyl (C=O) groups is 3. The van der Waals surface area contributed by atoms with Gasteiger partial charge in [-0.25, -0.2) is 4.79 Å². The predicted octanol–water partition coefficient (Wildman–Crippen LogP) is 3.51. The third-order valence-corrected chi connectivity index (χ3v) is 5.65. The number of methoxy groups -OCH3 is 1. The largest absolute Gasteiger partial charge is 0.495 e. The van der Waals surface area contributed by atoms with Crippen LogP contribution in [0.25, 0.3) is 0 Å². The number of hydrogen-bond donors (Lipinski definition) is 2. The fourth-order valence-corrected chi connectivity index (χ4v) is 4.26. The molecule has 9 heteroatoms. The lowest BCUT2D eigenvalue weighted by atomic mass is 9.72. The molecule has 2 N–H and O–H groups in total. The summed E-state index contributed by atoms with van der Waals surface area (Å²) in [5.41, 5.74) is 0.603. The van der Waals surface area contributed by atoms with E-state index in [1.165, 1.54) is 0 Å². The zero-order valence-electron chi connectivity index (χ0n) is 17.2. The second-order valence-corrected chi connectivity index (χ2v) is 7.55. The maximum atomic E-state index is 12.7. The number of ether oxygens (including phenoxy) is 2. The number of benzene rings is 1. The number of carboxylic acid groups (broad SMARTS) is 1. The van der Waals surface area contributed by atoms with Crippen LogP contribution in [0, 0.1) is 23.7 Å². The molecule has 4 atom stereocenters. The van der Waals surface area contributed by atoms with Gasteiger partial charge in [-0.1, -0.05) is 30.7 Å². The molecule has 1 aliphatic heterocycles. The Labute approximate surface area is 180 Å². The van der Waals surface area contributed by atoms with E-state index in [1.807, 2.05) is 13.8 Å². The highest BCUT2D eigenvalue weighted by Gasteiger charge is 2.45. The molecule has 30 heavy (non-hydrogen) atoms. The van der Waals surface area contributed by atoms with Gasteiger partial charge in [-0.2, -0.15) is 0 Å². The Kier molecular flexibility index (Phi) is 8.53. The number of hydrogen-bond acceptors (Lipinski definition) is 5. The molecule has 1 saturated heterocycles. The standard InChI is InChI=1S/C20H25ClN2O4.CH2O2/c1-4-27-19(24)18-12(2)5-6-13-10-23(11-15(13)18)20(25)22-14-7-8-17(26-3)16(21)9-14;2-1-3/h5-9,12-13,15,18H,4,10-11H2,1-3H3,(H,22,25);1H,(H,2,3)/t12-,13-,15-,18-;/m0./s1. The van der Waals surface area contributed by atoms with Crippen LogP contribution in [-0.4, -0.2) is 55.3 Å². The summed E-state index contributed by atoms with van der Waals surface area (Å²) in [7, 11) is 1.54. The smallest absolute Gasteiger partial charge is 0.321 e. The second-order valence-electron chi connectivity index (χ2n) is 7.14. The van der Waals surface area contributed by atoms with Crippen molar-refractivity contribution in [1.82, 2.24) is 4.90 Å². The number of anilines is 1. The van der Waals surface area contributed by atoms with E-state index >= 15 is 0 Å². The molecule has 1 aromatic carbocycles. The average molecular weight is 439 g/mol. The summed E-state index contributed by atoms with van der Waals surface area (Å²) >= 11 is 6.12. The van der Waals surface area contributed by atoms with Gasteiger partial charge in [0.2, 0.25) is 0 Å². The number of allylic oxidation sites excluding steroid dienone is 1. The van der Waals surface area contributed by atoms with Crippen molar-refractivity contribution >= 4 is 35.8 Å². The molecule has 164 valence electrons. The summed E-state index contributed by atoms with van der Waals surface area (Å²) < 4.78 is 10.4. The van der Waals surface area contributed by atoms with Crippen molar-refractivity contribution in [2.24, 2.45) is 23.7 Å². The summed E-state index contributed by atoms with van der Waals surface area (Å²) in [5, 5.41) is 10.2.